The minimum absolute atomic E-state index is 0.615. The summed E-state index contributed by atoms with van der Waals surface area (Å²) in [5.74, 6) is 1.68. The second-order valence-electron chi connectivity index (χ2n) is 5.65. The first kappa shape index (κ1) is 16.6. The van der Waals surface area contributed by atoms with Gasteiger partial charge in [0.2, 0.25) is 0 Å². The number of anilines is 1. The number of aromatic nitrogens is 1. The molecule has 0 spiro atoms. The predicted octanol–water partition coefficient (Wildman–Crippen LogP) is 2.81. The van der Waals surface area contributed by atoms with Gasteiger partial charge >= 0.3 is 0 Å². The van der Waals surface area contributed by atoms with E-state index in [1.165, 1.54) is 0 Å². The lowest BCUT2D eigenvalue weighted by atomic mass is 10.2. The van der Waals surface area contributed by atoms with Crippen molar-refractivity contribution < 1.29 is 4.74 Å². The first-order valence-corrected chi connectivity index (χ1v) is 8.34. The Kier molecular flexibility index (Phi) is 5.52. The minimum atomic E-state index is 0.615. The molecule has 1 aliphatic rings. The molecule has 0 unspecified atom stereocenters. The number of nitriles is 1. The van der Waals surface area contributed by atoms with Crippen LogP contribution in [0, 0.1) is 11.3 Å². The molecule has 5 nitrogen and oxygen atoms in total. The van der Waals surface area contributed by atoms with E-state index in [9.17, 15) is 0 Å². The summed E-state index contributed by atoms with van der Waals surface area (Å²) in [4.78, 5) is 9.00. The summed E-state index contributed by atoms with van der Waals surface area (Å²) in [5, 5.41) is 9.61. The van der Waals surface area contributed by atoms with Crippen LogP contribution < -0.4 is 9.64 Å². The second-order valence-corrected chi connectivity index (χ2v) is 6.09. The van der Waals surface area contributed by atoms with Crippen LogP contribution in [-0.4, -0.2) is 49.2 Å². The zero-order chi connectivity index (χ0) is 16.8. The number of benzene rings is 1. The van der Waals surface area contributed by atoms with Crippen molar-refractivity contribution in [3.05, 3.63) is 53.2 Å². The lowest BCUT2D eigenvalue weighted by Crippen LogP contribution is -2.47. The zero-order valence-electron chi connectivity index (χ0n) is 13.4. The SMILES string of the molecule is N#Cc1cccc(OCCN2CCN(c3cc(Cl)ccn3)CC2)c1. The molecule has 1 aromatic carbocycles. The van der Waals surface area contributed by atoms with Crippen LogP contribution in [0.1, 0.15) is 5.56 Å². The van der Waals surface area contributed by atoms with Gasteiger partial charge in [-0.1, -0.05) is 17.7 Å². The van der Waals surface area contributed by atoms with Gasteiger partial charge in [0.15, 0.2) is 0 Å². The van der Waals surface area contributed by atoms with E-state index < -0.39 is 0 Å². The van der Waals surface area contributed by atoms with Crippen molar-refractivity contribution in [2.24, 2.45) is 0 Å². The molecule has 0 N–H and O–H groups in total. The van der Waals surface area contributed by atoms with Gasteiger partial charge < -0.3 is 9.64 Å². The molecular weight excluding hydrogens is 324 g/mol. The fourth-order valence-electron chi connectivity index (χ4n) is 2.72. The Balaban J connectivity index is 1.43. The van der Waals surface area contributed by atoms with E-state index in [0.29, 0.717) is 12.2 Å². The van der Waals surface area contributed by atoms with Crippen molar-refractivity contribution in [2.75, 3.05) is 44.2 Å². The van der Waals surface area contributed by atoms with E-state index in [-0.39, 0.29) is 0 Å². The summed E-state index contributed by atoms with van der Waals surface area (Å²) in [5.41, 5.74) is 0.620. The molecule has 3 rings (SSSR count). The number of rotatable bonds is 5. The average Bonchev–Trinajstić information content (AvgIpc) is 2.62. The molecule has 0 amide bonds. The van der Waals surface area contributed by atoms with E-state index in [2.05, 4.69) is 20.9 Å². The number of nitrogens with zero attached hydrogens (tertiary/aromatic N) is 4. The van der Waals surface area contributed by atoms with Crippen molar-refractivity contribution in [2.45, 2.75) is 0 Å². The molecule has 0 bridgehead atoms. The highest BCUT2D eigenvalue weighted by atomic mass is 35.5. The van der Waals surface area contributed by atoms with Crippen LogP contribution in [0.4, 0.5) is 5.82 Å². The van der Waals surface area contributed by atoms with Crippen molar-refractivity contribution in [1.29, 1.82) is 5.26 Å². The van der Waals surface area contributed by atoms with Gasteiger partial charge in [-0.05, 0) is 30.3 Å². The topological polar surface area (TPSA) is 52.4 Å². The first-order chi connectivity index (χ1) is 11.7. The molecule has 0 radical (unpaired) electrons. The highest BCUT2D eigenvalue weighted by Crippen LogP contribution is 2.18. The number of piperazine rings is 1. The summed E-state index contributed by atoms with van der Waals surface area (Å²) in [6, 6.07) is 13.1. The Morgan fingerprint density at radius 2 is 2.00 bits per heavy atom. The molecular formula is C18H19ClN4O. The van der Waals surface area contributed by atoms with E-state index in [1.807, 2.05) is 18.2 Å². The lowest BCUT2D eigenvalue weighted by molar-refractivity contribution is 0.200. The van der Waals surface area contributed by atoms with E-state index >= 15 is 0 Å². The van der Waals surface area contributed by atoms with Crippen LogP contribution in [0.25, 0.3) is 0 Å². The summed E-state index contributed by atoms with van der Waals surface area (Å²) < 4.78 is 5.74. The van der Waals surface area contributed by atoms with Gasteiger partial charge in [-0.25, -0.2) is 4.98 Å². The fraction of sp³-hybridized carbons (Fsp3) is 0.333. The summed E-state index contributed by atoms with van der Waals surface area (Å²) in [6.45, 7) is 5.28. The van der Waals surface area contributed by atoms with Crippen molar-refractivity contribution >= 4 is 17.4 Å². The summed E-state index contributed by atoms with van der Waals surface area (Å²) >= 11 is 6.03. The van der Waals surface area contributed by atoms with Crippen molar-refractivity contribution in [3.8, 4) is 11.8 Å². The number of halogens is 1. The highest BCUT2D eigenvalue weighted by molar-refractivity contribution is 6.30. The minimum Gasteiger partial charge on any atom is -0.492 e. The van der Waals surface area contributed by atoms with Gasteiger partial charge in [0.1, 0.15) is 18.2 Å². The number of hydrogen-bond donors (Lipinski definition) is 0. The summed E-state index contributed by atoms with van der Waals surface area (Å²) in [7, 11) is 0. The molecule has 0 saturated carbocycles. The molecule has 1 aliphatic heterocycles. The molecule has 1 aromatic heterocycles. The van der Waals surface area contributed by atoms with Gasteiger partial charge in [0.05, 0.1) is 11.6 Å². The van der Waals surface area contributed by atoms with Gasteiger partial charge in [0, 0.05) is 43.9 Å². The Morgan fingerprint density at radius 3 is 2.75 bits per heavy atom. The van der Waals surface area contributed by atoms with Crippen LogP contribution in [0.2, 0.25) is 5.02 Å². The van der Waals surface area contributed by atoms with Crippen LogP contribution in [0.15, 0.2) is 42.6 Å². The third-order valence-electron chi connectivity index (χ3n) is 4.04. The van der Waals surface area contributed by atoms with Crippen LogP contribution in [-0.2, 0) is 0 Å². The average molecular weight is 343 g/mol. The Morgan fingerprint density at radius 1 is 1.17 bits per heavy atom. The molecule has 6 heteroatoms. The maximum Gasteiger partial charge on any atom is 0.130 e. The molecule has 0 aliphatic carbocycles. The van der Waals surface area contributed by atoms with E-state index in [4.69, 9.17) is 21.6 Å². The van der Waals surface area contributed by atoms with Gasteiger partial charge in [-0.3, -0.25) is 4.90 Å². The van der Waals surface area contributed by atoms with Gasteiger partial charge in [0.25, 0.3) is 0 Å². The smallest absolute Gasteiger partial charge is 0.130 e. The number of hydrogen-bond acceptors (Lipinski definition) is 5. The second kappa shape index (κ2) is 8.00. The maximum atomic E-state index is 8.90. The molecule has 0 atom stereocenters. The molecule has 2 heterocycles. The Labute approximate surface area is 147 Å². The number of ether oxygens (including phenoxy) is 1. The third-order valence-corrected chi connectivity index (χ3v) is 4.28. The molecule has 1 fully saturated rings. The van der Waals surface area contributed by atoms with Crippen LogP contribution >= 0.6 is 11.6 Å². The Bertz CT molecular complexity index is 723. The Hall–Kier alpha value is -2.29. The number of pyridine rings is 1. The van der Waals surface area contributed by atoms with Crippen LogP contribution in [0.3, 0.4) is 0 Å². The maximum absolute atomic E-state index is 8.90. The first-order valence-electron chi connectivity index (χ1n) is 7.96. The third kappa shape index (κ3) is 4.38. The molecule has 124 valence electrons. The van der Waals surface area contributed by atoms with Gasteiger partial charge in [-0.15, -0.1) is 0 Å². The lowest BCUT2D eigenvalue weighted by Gasteiger charge is -2.35. The summed E-state index contributed by atoms with van der Waals surface area (Å²) in [6.07, 6.45) is 1.74. The van der Waals surface area contributed by atoms with Crippen LogP contribution in [0.5, 0.6) is 5.75 Å². The largest absolute Gasteiger partial charge is 0.492 e. The standard InChI is InChI=1S/C18H19ClN4O/c19-16-4-5-21-18(13-16)23-8-6-22(7-9-23)10-11-24-17-3-1-2-15(12-17)14-20/h1-5,12-13H,6-11H2. The predicted molar refractivity (Wildman–Crippen MR) is 94.6 cm³/mol. The van der Waals surface area contributed by atoms with E-state index in [0.717, 1.165) is 49.3 Å². The van der Waals surface area contributed by atoms with Crippen molar-refractivity contribution in [3.63, 3.8) is 0 Å². The fourth-order valence-corrected chi connectivity index (χ4v) is 2.87. The normalized spacial score (nSPS) is 15.1. The highest BCUT2D eigenvalue weighted by Gasteiger charge is 2.17. The molecule has 1 saturated heterocycles. The monoisotopic (exact) mass is 342 g/mol. The molecule has 24 heavy (non-hydrogen) atoms. The zero-order valence-corrected chi connectivity index (χ0v) is 14.1. The van der Waals surface area contributed by atoms with Gasteiger partial charge in [-0.2, -0.15) is 5.26 Å². The molecule has 2 aromatic rings. The van der Waals surface area contributed by atoms with Crippen molar-refractivity contribution in [1.82, 2.24) is 9.88 Å². The quantitative estimate of drug-likeness (QED) is 0.836. The van der Waals surface area contributed by atoms with E-state index in [1.54, 1.807) is 24.4 Å².